The van der Waals surface area contributed by atoms with Crippen LogP contribution in [0.4, 0.5) is 5.69 Å². The molecule has 28 heavy (non-hydrogen) atoms. The number of carbonyl (C=O) groups excluding carboxylic acids is 2. The van der Waals surface area contributed by atoms with Gasteiger partial charge in [0.2, 0.25) is 11.8 Å². The summed E-state index contributed by atoms with van der Waals surface area (Å²) in [5.74, 6) is 0.651. The van der Waals surface area contributed by atoms with Crippen LogP contribution in [0.2, 0.25) is 0 Å². The van der Waals surface area contributed by atoms with Crippen molar-refractivity contribution >= 4 is 17.5 Å². The highest BCUT2D eigenvalue weighted by atomic mass is 16.3. The number of rotatable bonds is 4. The molecule has 4 rings (SSSR count). The number of hydrogen-bond acceptors (Lipinski definition) is 4. The van der Waals surface area contributed by atoms with Gasteiger partial charge in [0.05, 0.1) is 18.7 Å². The summed E-state index contributed by atoms with van der Waals surface area (Å²) in [6.45, 7) is 8.26. The summed E-state index contributed by atoms with van der Waals surface area (Å²) in [6.07, 6.45) is 1.91. The number of aryl methyl sites for hydroxylation is 1. The van der Waals surface area contributed by atoms with E-state index in [1.807, 2.05) is 17.0 Å². The van der Waals surface area contributed by atoms with Gasteiger partial charge in [0.15, 0.2) is 0 Å². The third kappa shape index (κ3) is 3.63. The van der Waals surface area contributed by atoms with Crippen LogP contribution in [0.3, 0.4) is 0 Å². The minimum atomic E-state index is -0.241. The van der Waals surface area contributed by atoms with Crippen LogP contribution in [0.25, 0.3) is 0 Å². The van der Waals surface area contributed by atoms with Crippen molar-refractivity contribution in [3.63, 3.8) is 0 Å². The number of anilines is 1. The molecule has 0 radical (unpaired) electrons. The summed E-state index contributed by atoms with van der Waals surface area (Å²) < 4.78 is 5.33. The number of likely N-dealkylation sites (tertiary alicyclic amines) is 1. The van der Waals surface area contributed by atoms with Crippen molar-refractivity contribution in [3.05, 3.63) is 53.5 Å². The first kappa shape index (κ1) is 18.6. The Labute approximate surface area is 165 Å². The second-order valence-electron chi connectivity index (χ2n) is 7.79. The number of amides is 2. The van der Waals surface area contributed by atoms with Gasteiger partial charge in [-0.05, 0) is 43.2 Å². The van der Waals surface area contributed by atoms with Crippen LogP contribution in [0.5, 0.6) is 0 Å². The summed E-state index contributed by atoms with van der Waals surface area (Å²) in [7, 11) is 0. The van der Waals surface area contributed by atoms with E-state index in [4.69, 9.17) is 4.42 Å². The molecule has 1 atom stereocenters. The fraction of sp³-hybridized carbons (Fsp3) is 0.455. The van der Waals surface area contributed by atoms with Crippen LogP contribution < -0.4 is 4.90 Å². The normalized spacial score (nSPS) is 20.1. The van der Waals surface area contributed by atoms with E-state index >= 15 is 0 Å². The second kappa shape index (κ2) is 7.70. The molecule has 0 spiro atoms. The molecule has 0 aliphatic carbocycles. The quantitative estimate of drug-likeness (QED) is 0.817. The number of furan rings is 1. The Bertz CT molecular complexity index is 854. The van der Waals surface area contributed by atoms with E-state index in [1.165, 1.54) is 16.8 Å². The molecule has 6 nitrogen and oxygen atoms in total. The molecule has 1 unspecified atom stereocenters. The average molecular weight is 381 g/mol. The van der Waals surface area contributed by atoms with Crippen molar-refractivity contribution in [1.82, 2.24) is 9.80 Å². The summed E-state index contributed by atoms with van der Waals surface area (Å²) in [5.41, 5.74) is 3.85. The average Bonchev–Trinajstić information content (AvgIpc) is 3.34. The Kier molecular flexibility index (Phi) is 5.11. The molecule has 2 aromatic rings. The van der Waals surface area contributed by atoms with Crippen LogP contribution in [0, 0.1) is 19.8 Å². The molecule has 3 heterocycles. The summed E-state index contributed by atoms with van der Waals surface area (Å²) in [6, 6.07) is 10.0. The minimum Gasteiger partial charge on any atom is -0.467 e. The predicted molar refractivity (Wildman–Crippen MR) is 107 cm³/mol. The fourth-order valence-electron chi connectivity index (χ4n) is 4.19. The SMILES string of the molecule is Cc1cccc(N2CCN(C(=O)C3CC(=O)N(Cc4ccco4)C3)CC2)c1C. The molecular weight excluding hydrogens is 354 g/mol. The van der Waals surface area contributed by atoms with Crippen molar-refractivity contribution in [2.75, 3.05) is 37.6 Å². The molecule has 2 aliphatic heterocycles. The van der Waals surface area contributed by atoms with Gasteiger partial charge in [-0.2, -0.15) is 0 Å². The summed E-state index contributed by atoms with van der Waals surface area (Å²) in [4.78, 5) is 31.3. The highest BCUT2D eigenvalue weighted by Crippen LogP contribution is 2.26. The van der Waals surface area contributed by atoms with Gasteiger partial charge in [0, 0.05) is 44.8 Å². The van der Waals surface area contributed by atoms with Crippen LogP contribution in [-0.2, 0) is 16.1 Å². The van der Waals surface area contributed by atoms with E-state index in [-0.39, 0.29) is 17.7 Å². The molecule has 0 saturated carbocycles. The molecular formula is C22H27N3O3. The molecule has 2 amide bonds. The minimum absolute atomic E-state index is 0.0313. The van der Waals surface area contributed by atoms with E-state index in [9.17, 15) is 9.59 Å². The Morgan fingerprint density at radius 3 is 2.61 bits per heavy atom. The van der Waals surface area contributed by atoms with E-state index in [0.29, 0.717) is 32.6 Å². The zero-order valence-corrected chi connectivity index (χ0v) is 16.6. The lowest BCUT2D eigenvalue weighted by atomic mass is 10.1. The monoisotopic (exact) mass is 381 g/mol. The van der Waals surface area contributed by atoms with Gasteiger partial charge in [-0.3, -0.25) is 9.59 Å². The van der Waals surface area contributed by atoms with Gasteiger partial charge in [0.25, 0.3) is 0 Å². The standard InChI is InChI=1S/C22H27N3O3/c1-16-5-3-7-20(17(16)2)23-8-10-24(11-9-23)22(27)18-13-21(26)25(14-18)15-19-6-4-12-28-19/h3-7,12,18H,8-11,13-15H2,1-2H3. The van der Waals surface area contributed by atoms with Gasteiger partial charge in [-0.15, -0.1) is 0 Å². The number of hydrogen-bond donors (Lipinski definition) is 0. The lowest BCUT2D eigenvalue weighted by Gasteiger charge is -2.38. The zero-order chi connectivity index (χ0) is 19.7. The van der Waals surface area contributed by atoms with Crippen molar-refractivity contribution in [1.29, 1.82) is 0 Å². The van der Waals surface area contributed by atoms with E-state index < -0.39 is 0 Å². The van der Waals surface area contributed by atoms with Gasteiger partial charge in [0.1, 0.15) is 5.76 Å². The number of carbonyl (C=O) groups is 2. The van der Waals surface area contributed by atoms with Crippen LogP contribution in [0.1, 0.15) is 23.3 Å². The topological polar surface area (TPSA) is 57.0 Å². The summed E-state index contributed by atoms with van der Waals surface area (Å²) >= 11 is 0. The van der Waals surface area contributed by atoms with E-state index in [0.717, 1.165) is 18.8 Å². The Morgan fingerprint density at radius 2 is 1.89 bits per heavy atom. The van der Waals surface area contributed by atoms with Gasteiger partial charge < -0.3 is 19.1 Å². The van der Waals surface area contributed by atoms with E-state index in [1.54, 1.807) is 11.2 Å². The maximum atomic E-state index is 13.0. The predicted octanol–water partition coefficient (Wildman–Crippen LogP) is 2.59. The first-order chi connectivity index (χ1) is 13.5. The maximum Gasteiger partial charge on any atom is 0.228 e. The van der Waals surface area contributed by atoms with Crippen molar-refractivity contribution in [3.8, 4) is 0 Å². The second-order valence-corrected chi connectivity index (χ2v) is 7.79. The molecule has 2 aliphatic rings. The molecule has 0 bridgehead atoms. The first-order valence-electron chi connectivity index (χ1n) is 9.93. The Hall–Kier alpha value is -2.76. The lowest BCUT2D eigenvalue weighted by Crippen LogP contribution is -2.50. The third-order valence-electron chi connectivity index (χ3n) is 6.00. The smallest absolute Gasteiger partial charge is 0.228 e. The van der Waals surface area contributed by atoms with Gasteiger partial charge in [-0.25, -0.2) is 0 Å². The molecule has 0 N–H and O–H groups in total. The highest BCUT2D eigenvalue weighted by molar-refractivity contribution is 5.89. The molecule has 1 aromatic carbocycles. The number of nitrogens with zero attached hydrogens (tertiary/aromatic N) is 3. The largest absolute Gasteiger partial charge is 0.467 e. The molecule has 148 valence electrons. The summed E-state index contributed by atoms with van der Waals surface area (Å²) in [5, 5.41) is 0. The Balaban J connectivity index is 1.34. The number of piperazine rings is 1. The molecule has 2 fully saturated rings. The first-order valence-corrected chi connectivity index (χ1v) is 9.93. The fourth-order valence-corrected chi connectivity index (χ4v) is 4.19. The highest BCUT2D eigenvalue weighted by Gasteiger charge is 2.37. The van der Waals surface area contributed by atoms with Crippen LogP contribution in [0.15, 0.2) is 41.0 Å². The van der Waals surface area contributed by atoms with Crippen molar-refractivity contribution in [2.45, 2.75) is 26.8 Å². The maximum absolute atomic E-state index is 13.0. The molecule has 1 aromatic heterocycles. The molecule has 2 saturated heterocycles. The van der Waals surface area contributed by atoms with Crippen LogP contribution in [-0.4, -0.2) is 54.3 Å². The molecule has 6 heteroatoms. The van der Waals surface area contributed by atoms with Crippen LogP contribution >= 0.6 is 0 Å². The lowest BCUT2D eigenvalue weighted by molar-refractivity contribution is -0.136. The van der Waals surface area contributed by atoms with Gasteiger partial charge >= 0.3 is 0 Å². The zero-order valence-electron chi connectivity index (χ0n) is 16.6. The van der Waals surface area contributed by atoms with Crippen molar-refractivity contribution in [2.24, 2.45) is 5.92 Å². The van der Waals surface area contributed by atoms with Gasteiger partial charge in [-0.1, -0.05) is 12.1 Å². The van der Waals surface area contributed by atoms with E-state index in [2.05, 4.69) is 36.9 Å². The van der Waals surface area contributed by atoms with Crippen molar-refractivity contribution < 1.29 is 14.0 Å². The number of benzene rings is 1. The Morgan fingerprint density at radius 1 is 1.11 bits per heavy atom. The third-order valence-corrected chi connectivity index (χ3v) is 6.00.